The molecule has 11 heavy (non-hydrogen) atoms. The van der Waals surface area contributed by atoms with Gasteiger partial charge in [-0.3, -0.25) is 4.40 Å². The van der Waals surface area contributed by atoms with Crippen molar-refractivity contribution in [2.24, 2.45) is 0 Å². The van der Waals surface area contributed by atoms with E-state index in [2.05, 4.69) is 23.8 Å². The van der Waals surface area contributed by atoms with Gasteiger partial charge >= 0.3 is 0 Å². The average Bonchev–Trinajstić information content (AvgIpc) is 2.46. The normalized spacial score (nSPS) is 10.5. The summed E-state index contributed by atoms with van der Waals surface area (Å²) >= 11 is 1.73. The van der Waals surface area contributed by atoms with Crippen LogP contribution in [0.15, 0.2) is 25.3 Å². The molecule has 2 rings (SSSR count). The minimum absolute atomic E-state index is 0.826. The predicted octanol–water partition coefficient (Wildman–Crippen LogP) is 1.93. The van der Waals surface area contributed by atoms with Gasteiger partial charge in [0.05, 0.1) is 12.5 Å². The molecular weight excluding hydrogens is 156 g/mol. The standard InChI is InChI=1S/C8H7N2S/c1-2-3-7-5-10-6-9-4-8(10)11-7/h4-6H,1,3H2. The van der Waals surface area contributed by atoms with Gasteiger partial charge in [0, 0.05) is 17.5 Å². The average molecular weight is 163 g/mol. The van der Waals surface area contributed by atoms with Crippen molar-refractivity contribution in [2.75, 3.05) is 0 Å². The lowest BCUT2D eigenvalue weighted by Crippen LogP contribution is -1.74. The molecule has 0 spiro atoms. The fraction of sp³-hybridized carbons (Fsp3) is 0.125. The second-order valence-electron chi connectivity index (χ2n) is 2.26. The minimum Gasteiger partial charge on any atom is -0.297 e. The lowest BCUT2D eigenvalue weighted by molar-refractivity contribution is 1.14. The molecule has 0 aliphatic heterocycles. The second kappa shape index (κ2) is 2.51. The lowest BCUT2D eigenvalue weighted by atomic mass is 10.4. The first-order chi connectivity index (χ1) is 5.40. The monoisotopic (exact) mass is 163 g/mol. The Bertz CT molecular complexity index is 343. The van der Waals surface area contributed by atoms with Gasteiger partial charge in [0.1, 0.15) is 4.83 Å². The van der Waals surface area contributed by atoms with Gasteiger partial charge in [0.15, 0.2) is 0 Å². The van der Waals surface area contributed by atoms with Gasteiger partial charge < -0.3 is 0 Å². The number of aromatic nitrogens is 2. The van der Waals surface area contributed by atoms with E-state index in [0.29, 0.717) is 0 Å². The van der Waals surface area contributed by atoms with Gasteiger partial charge in [0.25, 0.3) is 0 Å². The summed E-state index contributed by atoms with van der Waals surface area (Å²) in [5, 5.41) is 0. The van der Waals surface area contributed by atoms with Crippen LogP contribution in [0.5, 0.6) is 0 Å². The molecule has 2 nitrogen and oxygen atoms in total. The molecule has 0 bridgehead atoms. The molecule has 2 heterocycles. The molecule has 55 valence electrons. The third kappa shape index (κ3) is 1.07. The maximum absolute atomic E-state index is 4.00. The largest absolute Gasteiger partial charge is 0.297 e. The smallest absolute Gasteiger partial charge is 0.119 e. The van der Waals surface area contributed by atoms with Crippen molar-refractivity contribution in [3.05, 3.63) is 36.3 Å². The Labute approximate surface area is 68.8 Å². The number of fused-ring (bicyclic) bond motifs is 1. The van der Waals surface area contributed by atoms with E-state index in [1.807, 2.05) is 10.6 Å². The number of nitrogens with zero attached hydrogens (tertiary/aromatic N) is 2. The molecule has 0 unspecified atom stereocenters. The Morgan fingerprint density at radius 1 is 1.73 bits per heavy atom. The van der Waals surface area contributed by atoms with Gasteiger partial charge in [-0.1, -0.05) is 6.58 Å². The topological polar surface area (TPSA) is 17.3 Å². The summed E-state index contributed by atoms with van der Waals surface area (Å²) in [6, 6.07) is 0. The minimum atomic E-state index is 0.826. The quantitative estimate of drug-likeness (QED) is 0.661. The third-order valence-corrected chi connectivity index (χ3v) is 2.49. The summed E-state index contributed by atoms with van der Waals surface area (Å²) in [5.41, 5.74) is 0. The summed E-state index contributed by atoms with van der Waals surface area (Å²) < 4.78 is 2.01. The fourth-order valence-electron chi connectivity index (χ4n) is 0.989. The Balaban J connectivity index is 2.49. The number of allylic oxidation sites excluding steroid dienone is 1. The Morgan fingerprint density at radius 3 is 3.36 bits per heavy atom. The molecule has 0 N–H and O–H groups in total. The van der Waals surface area contributed by atoms with Crippen LogP contribution in [0, 0.1) is 6.08 Å². The van der Waals surface area contributed by atoms with Gasteiger partial charge in [-0.25, -0.2) is 4.98 Å². The van der Waals surface area contributed by atoms with E-state index in [1.165, 1.54) is 9.71 Å². The Morgan fingerprint density at radius 2 is 2.64 bits per heavy atom. The van der Waals surface area contributed by atoms with E-state index in [1.54, 1.807) is 17.7 Å². The summed E-state index contributed by atoms with van der Waals surface area (Å²) in [7, 11) is 0. The second-order valence-corrected chi connectivity index (χ2v) is 3.41. The maximum Gasteiger partial charge on any atom is 0.119 e. The summed E-state index contributed by atoms with van der Waals surface area (Å²) in [6.45, 7) is 3.57. The zero-order valence-electron chi connectivity index (χ0n) is 5.95. The molecule has 0 amide bonds. The molecule has 1 radical (unpaired) electrons. The molecule has 2 aromatic heterocycles. The van der Waals surface area contributed by atoms with Crippen molar-refractivity contribution in [1.82, 2.24) is 9.38 Å². The van der Waals surface area contributed by atoms with Crippen molar-refractivity contribution < 1.29 is 0 Å². The molecule has 0 aliphatic rings. The van der Waals surface area contributed by atoms with Crippen LogP contribution < -0.4 is 0 Å². The van der Waals surface area contributed by atoms with Crippen molar-refractivity contribution in [1.29, 1.82) is 0 Å². The number of hydrogen-bond donors (Lipinski definition) is 0. The van der Waals surface area contributed by atoms with Crippen LogP contribution in [0.2, 0.25) is 0 Å². The molecule has 3 heteroatoms. The molecule has 0 aromatic carbocycles. The molecular formula is C8H7N2S. The van der Waals surface area contributed by atoms with Gasteiger partial charge in [-0.2, -0.15) is 0 Å². The van der Waals surface area contributed by atoms with Gasteiger partial charge in [-0.15, -0.1) is 11.3 Å². The van der Waals surface area contributed by atoms with Crippen LogP contribution in [0.3, 0.4) is 0 Å². The fourth-order valence-corrected chi connectivity index (χ4v) is 1.92. The van der Waals surface area contributed by atoms with E-state index < -0.39 is 0 Å². The maximum atomic E-state index is 4.00. The van der Waals surface area contributed by atoms with Crippen LogP contribution in [-0.4, -0.2) is 9.38 Å². The highest BCUT2D eigenvalue weighted by Gasteiger charge is 1.98. The number of thiazole rings is 1. The molecule has 0 saturated carbocycles. The number of hydrogen-bond acceptors (Lipinski definition) is 2. The molecule has 0 aliphatic carbocycles. The highest BCUT2D eigenvalue weighted by Crippen LogP contribution is 2.17. The zero-order valence-corrected chi connectivity index (χ0v) is 6.77. The molecule has 2 aromatic rings. The van der Waals surface area contributed by atoms with Crippen molar-refractivity contribution in [3.63, 3.8) is 0 Å². The van der Waals surface area contributed by atoms with E-state index in [9.17, 15) is 0 Å². The molecule has 0 fully saturated rings. The third-order valence-electron chi connectivity index (χ3n) is 1.45. The highest BCUT2D eigenvalue weighted by molar-refractivity contribution is 7.17. The summed E-state index contributed by atoms with van der Waals surface area (Å²) in [6.07, 6.45) is 9.41. The predicted molar refractivity (Wildman–Crippen MR) is 45.6 cm³/mol. The van der Waals surface area contributed by atoms with Crippen molar-refractivity contribution >= 4 is 16.2 Å². The molecule has 0 atom stereocenters. The Kier molecular flexibility index (Phi) is 1.51. The van der Waals surface area contributed by atoms with Crippen LogP contribution in [0.25, 0.3) is 4.83 Å². The highest BCUT2D eigenvalue weighted by atomic mass is 32.1. The summed E-state index contributed by atoms with van der Waals surface area (Å²) in [4.78, 5) is 6.45. The van der Waals surface area contributed by atoms with Gasteiger partial charge in [0.2, 0.25) is 0 Å². The van der Waals surface area contributed by atoms with Gasteiger partial charge in [-0.05, 0) is 6.08 Å². The van der Waals surface area contributed by atoms with E-state index in [-0.39, 0.29) is 0 Å². The van der Waals surface area contributed by atoms with Crippen LogP contribution in [-0.2, 0) is 6.42 Å². The summed E-state index contributed by atoms with van der Waals surface area (Å²) in [5.74, 6) is 0. The van der Waals surface area contributed by atoms with E-state index >= 15 is 0 Å². The zero-order chi connectivity index (χ0) is 7.68. The van der Waals surface area contributed by atoms with Crippen LogP contribution >= 0.6 is 11.3 Å². The first kappa shape index (κ1) is 6.61. The van der Waals surface area contributed by atoms with Crippen LogP contribution in [0.1, 0.15) is 4.88 Å². The lowest BCUT2D eigenvalue weighted by Gasteiger charge is -1.81. The van der Waals surface area contributed by atoms with E-state index in [4.69, 9.17) is 0 Å². The first-order valence-corrected chi connectivity index (χ1v) is 4.12. The van der Waals surface area contributed by atoms with Crippen molar-refractivity contribution in [3.8, 4) is 0 Å². The van der Waals surface area contributed by atoms with E-state index in [0.717, 1.165) is 6.42 Å². The molecule has 0 saturated heterocycles. The first-order valence-electron chi connectivity index (χ1n) is 3.30. The number of imidazole rings is 1. The van der Waals surface area contributed by atoms with Crippen molar-refractivity contribution in [2.45, 2.75) is 6.42 Å². The Hall–Kier alpha value is -1.09. The SMILES string of the molecule is C=[C]Cc1cn2cncc2s1. The van der Waals surface area contributed by atoms with Crippen LogP contribution in [0.4, 0.5) is 0 Å². The number of rotatable bonds is 2.